The summed E-state index contributed by atoms with van der Waals surface area (Å²) in [4.78, 5) is 10.3. The molecule has 0 atom stereocenters. The van der Waals surface area contributed by atoms with E-state index in [0.717, 1.165) is 12.8 Å². The van der Waals surface area contributed by atoms with Gasteiger partial charge in [-0.15, -0.1) is 12.4 Å². The number of hydrogen-bond donors (Lipinski definition) is 2. The number of rotatable bonds is 5. The average Bonchev–Trinajstić information content (AvgIpc) is 2.86. The number of halogens is 1. The minimum absolute atomic E-state index is 0. The number of hydrogen-bond acceptors (Lipinski definition) is 5. The lowest BCUT2D eigenvalue weighted by Gasteiger charge is -2.28. The zero-order valence-corrected chi connectivity index (χ0v) is 13.9. The van der Waals surface area contributed by atoms with Crippen LogP contribution in [-0.4, -0.2) is 25.4 Å². The van der Waals surface area contributed by atoms with Crippen molar-refractivity contribution in [1.82, 2.24) is 4.72 Å². The summed E-state index contributed by atoms with van der Waals surface area (Å²) in [6, 6.07) is 4.05. The number of nitrogens with two attached hydrogens (primary N) is 1. The summed E-state index contributed by atoms with van der Waals surface area (Å²) in [5, 5.41) is 10.9. The monoisotopic (exact) mass is 349 g/mol. The topological polar surface area (TPSA) is 115 Å². The fourth-order valence-electron chi connectivity index (χ4n) is 2.83. The molecule has 0 aliphatic heterocycles. The fraction of sp³-hybridized carbons (Fsp3) is 0.538. The fourth-order valence-corrected chi connectivity index (χ4v) is 4.56. The first kappa shape index (κ1) is 18.8. The number of benzene rings is 1. The summed E-state index contributed by atoms with van der Waals surface area (Å²) in [6.07, 6.45) is 3.23. The van der Waals surface area contributed by atoms with Crippen molar-refractivity contribution in [2.24, 2.45) is 5.73 Å². The molecule has 1 aromatic rings. The highest BCUT2D eigenvalue weighted by molar-refractivity contribution is 7.89. The summed E-state index contributed by atoms with van der Waals surface area (Å²) in [7, 11) is -3.84. The van der Waals surface area contributed by atoms with Crippen LogP contribution in [0, 0.1) is 17.0 Å². The maximum atomic E-state index is 12.6. The Kier molecular flexibility index (Phi) is 5.91. The van der Waals surface area contributed by atoms with Gasteiger partial charge in [0.15, 0.2) is 0 Å². The van der Waals surface area contributed by atoms with Crippen LogP contribution in [0.1, 0.15) is 31.2 Å². The third kappa shape index (κ3) is 3.57. The van der Waals surface area contributed by atoms with E-state index in [1.165, 1.54) is 25.1 Å². The Balaban J connectivity index is 0.00000242. The average molecular weight is 350 g/mol. The highest BCUT2D eigenvalue weighted by Gasteiger charge is 2.37. The lowest BCUT2D eigenvalue weighted by atomic mass is 10.0. The Bertz CT molecular complexity index is 657. The van der Waals surface area contributed by atoms with E-state index in [1.54, 1.807) is 0 Å². The van der Waals surface area contributed by atoms with Crippen molar-refractivity contribution >= 4 is 28.1 Å². The minimum Gasteiger partial charge on any atom is -0.329 e. The van der Waals surface area contributed by atoms with Crippen LogP contribution in [0.2, 0.25) is 0 Å². The molecule has 1 aliphatic rings. The van der Waals surface area contributed by atoms with Crippen molar-refractivity contribution in [3.63, 3.8) is 0 Å². The minimum atomic E-state index is -3.84. The zero-order valence-electron chi connectivity index (χ0n) is 12.2. The summed E-state index contributed by atoms with van der Waals surface area (Å²) in [6.45, 7) is 1.66. The van der Waals surface area contributed by atoms with E-state index < -0.39 is 20.5 Å². The summed E-state index contributed by atoms with van der Waals surface area (Å²) in [5.41, 5.74) is 5.04. The molecule has 124 valence electrons. The van der Waals surface area contributed by atoms with E-state index in [0.29, 0.717) is 12.8 Å². The molecule has 0 radical (unpaired) electrons. The van der Waals surface area contributed by atoms with Crippen LogP contribution in [-0.2, 0) is 10.0 Å². The van der Waals surface area contributed by atoms with Crippen molar-refractivity contribution < 1.29 is 13.3 Å². The molecule has 1 fully saturated rings. The van der Waals surface area contributed by atoms with Crippen molar-refractivity contribution in [2.45, 2.75) is 43.0 Å². The number of nitro benzene ring substituents is 1. The van der Waals surface area contributed by atoms with Gasteiger partial charge in [-0.2, -0.15) is 0 Å². The predicted molar refractivity (Wildman–Crippen MR) is 85.7 cm³/mol. The largest absolute Gasteiger partial charge is 0.329 e. The molecule has 0 unspecified atom stereocenters. The SMILES string of the molecule is Cc1c([N+](=O)[O-])cccc1S(=O)(=O)NC1(CN)CCCC1.Cl. The van der Waals surface area contributed by atoms with E-state index in [4.69, 9.17) is 5.73 Å². The Hall–Kier alpha value is -1.22. The predicted octanol–water partition coefficient (Wildman–Crippen LogP) is 1.87. The highest BCUT2D eigenvalue weighted by atomic mass is 35.5. The van der Waals surface area contributed by atoms with Gasteiger partial charge in [-0.3, -0.25) is 10.1 Å². The van der Waals surface area contributed by atoms with Crippen LogP contribution < -0.4 is 10.5 Å². The van der Waals surface area contributed by atoms with Gasteiger partial charge < -0.3 is 5.73 Å². The third-order valence-electron chi connectivity index (χ3n) is 4.04. The molecular weight excluding hydrogens is 330 g/mol. The second-order valence-corrected chi connectivity index (χ2v) is 7.11. The first-order valence-electron chi connectivity index (χ1n) is 6.79. The molecule has 0 amide bonds. The summed E-state index contributed by atoms with van der Waals surface area (Å²) >= 11 is 0. The van der Waals surface area contributed by atoms with Gasteiger partial charge in [0.25, 0.3) is 5.69 Å². The van der Waals surface area contributed by atoms with Gasteiger partial charge >= 0.3 is 0 Å². The molecule has 7 nitrogen and oxygen atoms in total. The zero-order chi connectivity index (χ0) is 15.7. The van der Waals surface area contributed by atoms with Gasteiger partial charge in [-0.05, 0) is 25.8 Å². The van der Waals surface area contributed by atoms with E-state index in [-0.39, 0.29) is 35.1 Å². The van der Waals surface area contributed by atoms with Crippen LogP contribution >= 0.6 is 12.4 Å². The Morgan fingerprint density at radius 1 is 1.36 bits per heavy atom. The molecule has 22 heavy (non-hydrogen) atoms. The molecule has 0 spiro atoms. The van der Waals surface area contributed by atoms with E-state index in [1.807, 2.05) is 0 Å². The van der Waals surface area contributed by atoms with Gasteiger partial charge in [-0.1, -0.05) is 18.9 Å². The normalized spacial score (nSPS) is 17.0. The van der Waals surface area contributed by atoms with Gasteiger partial charge in [0.05, 0.1) is 9.82 Å². The quantitative estimate of drug-likeness (QED) is 0.622. The number of nitro groups is 1. The molecule has 0 aromatic heterocycles. The molecule has 1 aliphatic carbocycles. The van der Waals surface area contributed by atoms with Gasteiger partial charge in [-0.25, -0.2) is 13.1 Å². The maximum Gasteiger partial charge on any atom is 0.273 e. The van der Waals surface area contributed by atoms with Crippen LogP contribution in [0.5, 0.6) is 0 Å². The summed E-state index contributed by atoms with van der Waals surface area (Å²) < 4.78 is 27.8. The molecule has 3 N–H and O–H groups in total. The molecular formula is C13H20ClN3O4S. The lowest BCUT2D eigenvalue weighted by Crippen LogP contribution is -2.51. The molecule has 9 heteroatoms. The van der Waals surface area contributed by atoms with Crippen LogP contribution in [0.15, 0.2) is 23.1 Å². The van der Waals surface area contributed by atoms with Gasteiger partial charge in [0, 0.05) is 23.7 Å². The molecule has 0 bridgehead atoms. The number of sulfonamides is 1. The second-order valence-electron chi connectivity index (χ2n) is 5.45. The van der Waals surface area contributed by atoms with Crippen molar-refractivity contribution in [3.05, 3.63) is 33.9 Å². The van der Waals surface area contributed by atoms with Crippen molar-refractivity contribution in [1.29, 1.82) is 0 Å². The number of nitrogens with one attached hydrogen (secondary N) is 1. The molecule has 0 heterocycles. The van der Waals surface area contributed by atoms with Crippen LogP contribution in [0.25, 0.3) is 0 Å². The maximum absolute atomic E-state index is 12.6. The highest BCUT2D eigenvalue weighted by Crippen LogP contribution is 2.32. The first-order valence-corrected chi connectivity index (χ1v) is 8.28. The van der Waals surface area contributed by atoms with E-state index >= 15 is 0 Å². The number of nitrogens with zero attached hydrogens (tertiary/aromatic N) is 1. The molecule has 1 saturated carbocycles. The Labute approximate surface area is 135 Å². The van der Waals surface area contributed by atoms with Crippen LogP contribution in [0.3, 0.4) is 0 Å². The van der Waals surface area contributed by atoms with Gasteiger partial charge in [0.1, 0.15) is 0 Å². The molecule has 2 rings (SSSR count). The molecule has 0 saturated heterocycles. The van der Waals surface area contributed by atoms with Gasteiger partial charge in [0.2, 0.25) is 10.0 Å². The Morgan fingerprint density at radius 2 is 1.95 bits per heavy atom. The van der Waals surface area contributed by atoms with E-state index in [2.05, 4.69) is 4.72 Å². The third-order valence-corrected chi connectivity index (χ3v) is 5.77. The standard InChI is InChI=1S/C13H19N3O4S.ClH/c1-10-11(16(17)18)5-4-6-12(10)21(19,20)15-13(9-14)7-2-3-8-13;/h4-6,15H,2-3,7-9,14H2,1H3;1H. The van der Waals surface area contributed by atoms with Crippen molar-refractivity contribution in [3.8, 4) is 0 Å². The second kappa shape index (κ2) is 6.91. The van der Waals surface area contributed by atoms with E-state index in [9.17, 15) is 18.5 Å². The lowest BCUT2D eigenvalue weighted by molar-refractivity contribution is -0.385. The molecule has 1 aromatic carbocycles. The Morgan fingerprint density at radius 3 is 2.45 bits per heavy atom. The first-order chi connectivity index (χ1) is 9.81. The van der Waals surface area contributed by atoms with Crippen molar-refractivity contribution in [2.75, 3.05) is 6.54 Å². The smallest absolute Gasteiger partial charge is 0.273 e. The van der Waals surface area contributed by atoms with Crippen LogP contribution in [0.4, 0.5) is 5.69 Å². The summed E-state index contributed by atoms with van der Waals surface area (Å²) in [5.74, 6) is 0.